The van der Waals surface area contributed by atoms with Gasteiger partial charge in [-0.05, 0) is 53.6 Å². The van der Waals surface area contributed by atoms with Gasteiger partial charge in [-0.2, -0.15) is 0 Å². The molecule has 1 heterocycles. The molecule has 0 spiro atoms. The highest BCUT2D eigenvalue weighted by atomic mass is 79.9. The van der Waals surface area contributed by atoms with Crippen LogP contribution in [0.15, 0.2) is 69.8 Å². The Morgan fingerprint density at radius 2 is 1.94 bits per heavy atom. The van der Waals surface area contributed by atoms with Crippen molar-refractivity contribution >= 4 is 62.8 Å². The molecule has 0 saturated heterocycles. The van der Waals surface area contributed by atoms with Crippen molar-refractivity contribution < 1.29 is 23.9 Å². The Labute approximate surface area is 218 Å². The second-order valence-electron chi connectivity index (χ2n) is 7.21. The van der Waals surface area contributed by atoms with Gasteiger partial charge in [-0.25, -0.2) is 9.79 Å². The number of rotatable bonds is 7. The topological polar surface area (TPSA) is 100 Å². The lowest BCUT2D eigenvalue weighted by Gasteiger charge is -2.13. The first-order chi connectivity index (χ1) is 16.7. The van der Waals surface area contributed by atoms with Gasteiger partial charge in [-0.15, -0.1) is 0 Å². The van der Waals surface area contributed by atoms with Crippen LogP contribution in [0.3, 0.4) is 0 Å². The number of halogens is 3. The Bertz CT molecular complexity index is 1410. The van der Waals surface area contributed by atoms with E-state index in [4.69, 9.17) is 37.4 Å². The molecular weight excluding hydrogens is 563 g/mol. The molecule has 35 heavy (non-hydrogen) atoms. The summed E-state index contributed by atoms with van der Waals surface area (Å²) in [5, 5.41) is 11.4. The average Bonchev–Trinajstić information content (AvgIpc) is 3.18. The van der Waals surface area contributed by atoms with Gasteiger partial charge in [0.05, 0.1) is 17.1 Å². The number of hydrogen-bond acceptors (Lipinski definition) is 7. The van der Waals surface area contributed by atoms with Gasteiger partial charge in [0.25, 0.3) is 5.69 Å². The third-order valence-electron chi connectivity index (χ3n) is 4.84. The van der Waals surface area contributed by atoms with Gasteiger partial charge in [-0.3, -0.25) is 10.1 Å². The van der Waals surface area contributed by atoms with E-state index in [-0.39, 0.29) is 39.5 Å². The Hall–Kier alpha value is -3.40. The van der Waals surface area contributed by atoms with Gasteiger partial charge in [-0.1, -0.05) is 51.3 Å². The van der Waals surface area contributed by atoms with Crippen molar-refractivity contribution in [1.82, 2.24) is 0 Å². The minimum atomic E-state index is -0.720. The standard InChI is InChI=1S/C24H15BrCl2N2O6/c1-33-21-10-14(8-18(27)22(21)34-12-13-3-2-4-16(25)7-13)9-19-24(30)35-23(28-19)15-5-6-17(26)20(11-15)29(31)32/h2-11H,12H2,1H3. The van der Waals surface area contributed by atoms with Crippen molar-refractivity contribution in [3.8, 4) is 11.5 Å². The van der Waals surface area contributed by atoms with Crippen LogP contribution >= 0.6 is 39.1 Å². The average molecular weight is 578 g/mol. The lowest BCUT2D eigenvalue weighted by Crippen LogP contribution is -2.06. The normalized spacial score (nSPS) is 14.0. The molecule has 0 atom stereocenters. The monoisotopic (exact) mass is 576 g/mol. The van der Waals surface area contributed by atoms with Crippen LogP contribution in [0.25, 0.3) is 6.08 Å². The molecule has 1 aliphatic rings. The summed E-state index contributed by atoms with van der Waals surface area (Å²) in [6.07, 6.45) is 1.46. The van der Waals surface area contributed by atoms with Crippen molar-refractivity contribution in [1.29, 1.82) is 0 Å². The third-order valence-corrected chi connectivity index (χ3v) is 5.93. The molecule has 3 aromatic carbocycles. The Morgan fingerprint density at radius 3 is 2.66 bits per heavy atom. The van der Waals surface area contributed by atoms with E-state index in [2.05, 4.69) is 20.9 Å². The molecule has 1 aliphatic heterocycles. The molecule has 0 saturated carbocycles. The second-order valence-corrected chi connectivity index (χ2v) is 8.94. The highest BCUT2D eigenvalue weighted by molar-refractivity contribution is 9.10. The Kier molecular flexibility index (Phi) is 7.39. The lowest BCUT2D eigenvalue weighted by atomic mass is 10.1. The van der Waals surface area contributed by atoms with Gasteiger partial charge in [0.1, 0.15) is 11.6 Å². The SMILES string of the molecule is COc1cc(C=C2N=C(c3ccc(Cl)c([N+](=O)[O-])c3)OC2=O)cc(Cl)c1OCc1cccc(Br)c1. The zero-order valence-electron chi connectivity index (χ0n) is 18.0. The molecule has 11 heteroatoms. The maximum Gasteiger partial charge on any atom is 0.363 e. The predicted octanol–water partition coefficient (Wildman–Crippen LogP) is 6.60. The van der Waals surface area contributed by atoms with Crippen LogP contribution in [-0.4, -0.2) is 23.9 Å². The first kappa shape index (κ1) is 24.7. The molecule has 0 aromatic heterocycles. The third kappa shape index (κ3) is 5.64. The number of esters is 1. The number of methoxy groups -OCH3 is 1. The summed E-state index contributed by atoms with van der Waals surface area (Å²) in [7, 11) is 1.47. The fourth-order valence-corrected chi connectivity index (χ4v) is 4.13. The predicted molar refractivity (Wildman–Crippen MR) is 135 cm³/mol. The molecule has 0 unspecified atom stereocenters. The van der Waals surface area contributed by atoms with Crippen LogP contribution < -0.4 is 9.47 Å². The smallest absolute Gasteiger partial charge is 0.363 e. The summed E-state index contributed by atoms with van der Waals surface area (Å²) in [6, 6.07) is 14.9. The fourth-order valence-electron chi connectivity index (χ4n) is 3.22. The number of aliphatic imine (C=N–C) groups is 1. The molecule has 3 aromatic rings. The van der Waals surface area contributed by atoms with Crippen LogP contribution in [0, 0.1) is 10.1 Å². The van der Waals surface area contributed by atoms with E-state index < -0.39 is 10.9 Å². The Balaban J connectivity index is 1.61. The molecule has 0 aliphatic carbocycles. The molecule has 0 amide bonds. The highest BCUT2D eigenvalue weighted by Crippen LogP contribution is 2.38. The number of carbonyl (C=O) groups is 1. The van der Waals surface area contributed by atoms with Crippen LogP contribution in [-0.2, 0) is 16.1 Å². The number of nitrogens with zero attached hydrogens (tertiary/aromatic N) is 2. The number of nitro groups is 1. The number of cyclic esters (lactones) is 1. The van der Waals surface area contributed by atoms with Crippen LogP contribution in [0.4, 0.5) is 5.69 Å². The maximum absolute atomic E-state index is 12.4. The van der Waals surface area contributed by atoms with Gasteiger partial charge in [0, 0.05) is 16.1 Å². The zero-order chi connectivity index (χ0) is 25.1. The molecular formula is C24H15BrCl2N2O6. The maximum atomic E-state index is 12.4. The number of hydrogen-bond donors (Lipinski definition) is 0. The quantitative estimate of drug-likeness (QED) is 0.136. The number of ether oxygens (including phenoxy) is 3. The molecule has 0 radical (unpaired) electrons. The summed E-state index contributed by atoms with van der Waals surface area (Å²) in [6.45, 7) is 0.267. The number of nitro benzene ring substituents is 1. The summed E-state index contributed by atoms with van der Waals surface area (Å²) in [5.41, 5.74) is 1.35. The van der Waals surface area contributed by atoms with Crippen molar-refractivity contribution in [2.24, 2.45) is 4.99 Å². The van der Waals surface area contributed by atoms with Crippen LogP contribution in [0.5, 0.6) is 11.5 Å². The van der Waals surface area contributed by atoms with Gasteiger partial charge in [0.2, 0.25) is 5.90 Å². The molecule has 8 nitrogen and oxygen atoms in total. The largest absolute Gasteiger partial charge is 0.493 e. The van der Waals surface area contributed by atoms with Gasteiger partial charge >= 0.3 is 5.97 Å². The summed E-state index contributed by atoms with van der Waals surface area (Å²) >= 11 is 15.7. The molecule has 0 fully saturated rings. The highest BCUT2D eigenvalue weighted by Gasteiger charge is 2.26. The molecule has 4 rings (SSSR count). The van der Waals surface area contributed by atoms with Gasteiger partial charge in [0.15, 0.2) is 17.2 Å². The Morgan fingerprint density at radius 1 is 1.14 bits per heavy atom. The first-order valence-corrected chi connectivity index (χ1v) is 11.5. The van der Waals surface area contributed by atoms with Crippen molar-refractivity contribution in [3.05, 3.63) is 102 Å². The van der Waals surface area contributed by atoms with Crippen LogP contribution in [0.2, 0.25) is 10.0 Å². The van der Waals surface area contributed by atoms with Crippen molar-refractivity contribution in [2.75, 3.05) is 7.11 Å². The van der Waals surface area contributed by atoms with E-state index in [9.17, 15) is 14.9 Å². The summed E-state index contributed by atoms with van der Waals surface area (Å²) in [4.78, 5) is 27.1. The minimum Gasteiger partial charge on any atom is -0.493 e. The summed E-state index contributed by atoms with van der Waals surface area (Å²) in [5.74, 6) is -0.0816. The van der Waals surface area contributed by atoms with E-state index in [1.54, 1.807) is 12.1 Å². The van der Waals surface area contributed by atoms with Crippen LogP contribution in [0.1, 0.15) is 16.7 Å². The van der Waals surface area contributed by atoms with E-state index in [0.717, 1.165) is 10.0 Å². The van der Waals surface area contributed by atoms with Crippen molar-refractivity contribution in [2.45, 2.75) is 6.61 Å². The van der Waals surface area contributed by atoms with Crippen molar-refractivity contribution in [3.63, 3.8) is 0 Å². The first-order valence-electron chi connectivity index (χ1n) is 9.97. The fraction of sp³-hybridized carbons (Fsp3) is 0.0833. The van der Waals surface area contributed by atoms with E-state index in [1.165, 1.54) is 31.4 Å². The number of benzene rings is 3. The molecule has 178 valence electrons. The van der Waals surface area contributed by atoms with E-state index in [0.29, 0.717) is 17.1 Å². The van der Waals surface area contributed by atoms with Gasteiger partial charge < -0.3 is 14.2 Å². The second kappa shape index (κ2) is 10.5. The number of carbonyl (C=O) groups excluding carboxylic acids is 1. The summed E-state index contributed by atoms with van der Waals surface area (Å²) < 4.78 is 17.4. The van der Waals surface area contributed by atoms with E-state index >= 15 is 0 Å². The van der Waals surface area contributed by atoms with E-state index in [1.807, 2.05) is 24.3 Å². The lowest BCUT2D eigenvalue weighted by molar-refractivity contribution is -0.384. The zero-order valence-corrected chi connectivity index (χ0v) is 21.1. The minimum absolute atomic E-state index is 0.0153. The molecule has 0 bridgehead atoms. The molecule has 0 N–H and O–H groups in total.